The van der Waals surface area contributed by atoms with Crippen molar-refractivity contribution in [1.82, 2.24) is 10.6 Å². The lowest BCUT2D eigenvalue weighted by Crippen LogP contribution is -2.40. The van der Waals surface area contributed by atoms with Gasteiger partial charge in [0.2, 0.25) is 0 Å². The summed E-state index contributed by atoms with van der Waals surface area (Å²) < 4.78 is 59.3. The molecule has 1 aromatic rings. The van der Waals surface area contributed by atoms with Gasteiger partial charge >= 0.3 is 6.18 Å². The van der Waals surface area contributed by atoms with Crippen molar-refractivity contribution >= 4 is 27.2 Å². The zero-order valence-corrected chi connectivity index (χ0v) is 15.4. The number of aliphatic imine (C=N–C) groups is 1. The zero-order chi connectivity index (χ0) is 20.7. The van der Waals surface area contributed by atoms with Crippen LogP contribution in [-0.4, -0.2) is 58.4 Å². The van der Waals surface area contributed by atoms with Gasteiger partial charge in [-0.1, -0.05) is 0 Å². The first-order valence-electron chi connectivity index (χ1n) is 7.67. The van der Waals surface area contributed by atoms with E-state index in [0.717, 1.165) is 12.3 Å². The molecule has 0 aromatic heterocycles. The van der Waals surface area contributed by atoms with Crippen molar-refractivity contribution in [3.8, 4) is 0 Å². The molecule has 0 radical (unpaired) electrons. The Bertz CT molecular complexity index is 796. The van der Waals surface area contributed by atoms with Crippen LogP contribution in [-0.2, 0) is 9.84 Å². The van der Waals surface area contributed by atoms with Gasteiger partial charge in [-0.15, -0.1) is 0 Å². The molecule has 0 unspecified atom stereocenters. The molecule has 0 fully saturated rings. The highest BCUT2D eigenvalue weighted by atomic mass is 32.2. The number of hydrogen-bond donors (Lipinski definition) is 3. The summed E-state index contributed by atoms with van der Waals surface area (Å²) >= 11 is 0. The van der Waals surface area contributed by atoms with Crippen molar-refractivity contribution in [2.24, 2.45) is 4.99 Å². The monoisotopic (exact) mass is 411 g/mol. The van der Waals surface area contributed by atoms with Crippen molar-refractivity contribution in [2.75, 3.05) is 38.3 Å². The van der Waals surface area contributed by atoms with E-state index in [-0.39, 0.29) is 36.2 Å². The molecule has 152 valence electrons. The number of halogens is 3. The Balaban J connectivity index is 2.59. The van der Waals surface area contributed by atoms with Crippen molar-refractivity contribution in [1.29, 1.82) is 0 Å². The predicted molar refractivity (Wildman–Crippen MR) is 94.7 cm³/mol. The molecule has 0 aliphatic rings. The number of rotatable bonds is 8. The fraction of sp³-hybridized carbons (Fsp3) is 0.500. The number of nitro benzene ring substituents is 1. The number of alkyl halides is 3. The summed E-state index contributed by atoms with van der Waals surface area (Å²) in [4.78, 5) is 14.0. The highest BCUT2D eigenvalue weighted by Gasteiger charge is 2.26. The van der Waals surface area contributed by atoms with Crippen molar-refractivity contribution < 1.29 is 26.5 Å². The minimum atomic E-state index is -4.27. The second-order valence-corrected chi connectivity index (χ2v) is 7.44. The Morgan fingerprint density at radius 1 is 1.22 bits per heavy atom. The minimum Gasteiger partial charge on any atom is -0.378 e. The molecule has 0 saturated carbocycles. The van der Waals surface area contributed by atoms with Crippen LogP contribution in [0, 0.1) is 10.1 Å². The predicted octanol–water partition coefficient (Wildman–Crippen LogP) is 1.53. The van der Waals surface area contributed by atoms with Crippen LogP contribution >= 0.6 is 0 Å². The molecule has 0 bridgehead atoms. The Labute approximate surface area is 154 Å². The van der Waals surface area contributed by atoms with Crippen LogP contribution in [0.1, 0.15) is 6.42 Å². The standard InChI is InChI=1S/C14H20F3N5O4S/c1-18-13(20-6-5-14(15,16)17)21-8-7-19-11-4-3-10(27(2,25)26)9-12(11)22(23)24/h3-4,9,19H,5-8H2,1-2H3,(H2,18,20,21). The second-order valence-electron chi connectivity index (χ2n) is 5.43. The summed E-state index contributed by atoms with van der Waals surface area (Å²) in [5, 5.41) is 19.1. The van der Waals surface area contributed by atoms with Crippen molar-refractivity contribution in [3.05, 3.63) is 28.3 Å². The molecule has 0 atom stereocenters. The third kappa shape index (κ3) is 8.11. The van der Waals surface area contributed by atoms with E-state index in [1.165, 1.54) is 19.2 Å². The first kappa shape index (κ1) is 22.5. The molecule has 0 amide bonds. The Morgan fingerprint density at radius 3 is 2.37 bits per heavy atom. The number of nitrogens with zero attached hydrogens (tertiary/aromatic N) is 2. The van der Waals surface area contributed by atoms with Crippen molar-refractivity contribution in [2.45, 2.75) is 17.5 Å². The largest absolute Gasteiger partial charge is 0.390 e. The highest BCUT2D eigenvalue weighted by Crippen LogP contribution is 2.27. The average Bonchev–Trinajstić information content (AvgIpc) is 2.54. The van der Waals surface area contributed by atoms with E-state index in [1.807, 2.05) is 0 Å². The Hall–Kier alpha value is -2.57. The van der Waals surface area contributed by atoms with Gasteiger partial charge in [-0.05, 0) is 12.1 Å². The smallest absolute Gasteiger partial charge is 0.378 e. The van der Waals surface area contributed by atoms with Crippen molar-refractivity contribution in [3.63, 3.8) is 0 Å². The highest BCUT2D eigenvalue weighted by molar-refractivity contribution is 7.90. The minimum absolute atomic E-state index is 0.120. The average molecular weight is 411 g/mol. The number of nitro groups is 1. The van der Waals surface area contributed by atoms with Gasteiger partial charge in [-0.2, -0.15) is 13.2 Å². The topological polar surface area (TPSA) is 126 Å². The van der Waals surface area contributed by atoms with Crippen LogP contribution in [0.15, 0.2) is 28.1 Å². The lowest BCUT2D eigenvalue weighted by molar-refractivity contribution is -0.384. The summed E-state index contributed by atoms with van der Waals surface area (Å²) in [7, 11) is -2.19. The molecule has 0 heterocycles. The summed E-state index contributed by atoms with van der Waals surface area (Å²) in [5.74, 6) is 0.156. The maximum atomic E-state index is 12.1. The summed E-state index contributed by atoms with van der Waals surface area (Å²) in [6, 6.07) is 3.49. The normalized spacial score (nSPS) is 12.6. The van der Waals surface area contributed by atoms with Gasteiger partial charge in [0, 0.05) is 39.0 Å². The third-order valence-electron chi connectivity index (χ3n) is 3.25. The molecule has 1 rings (SSSR count). The molecule has 3 N–H and O–H groups in total. The second kappa shape index (κ2) is 9.39. The van der Waals surface area contributed by atoms with Gasteiger partial charge in [0.25, 0.3) is 5.69 Å². The first-order chi connectivity index (χ1) is 12.4. The number of anilines is 1. The third-order valence-corrected chi connectivity index (χ3v) is 4.36. The van der Waals surface area contributed by atoms with Crippen LogP contribution in [0.2, 0.25) is 0 Å². The Morgan fingerprint density at radius 2 is 1.85 bits per heavy atom. The van der Waals surface area contributed by atoms with Gasteiger partial charge in [-0.25, -0.2) is 8.42 Å². The summed E-state index contributed by atoms with van der Waals surface area (Å²) in [6.45, 7) is 0.0464. The van der Waals surface area contributed by atoms with Gasteiger partial charge < -0.3 is 16.0 Å². The molecule has 0 aliphatic heterocycles. The fourth-order valence-corrected chi connectivity index (χ4v) is 2.60. The lowest BCUT2D eigenvalue weighted by atomic mass is 10.2. The zero-order valence-electron chi connectivity index (χ0n) is 14.6. The van der Waals surface area contributed by atoms with Crippen LogP contribution in [0.5, 0.6) is 0 Å². The van der Waals surface area contributed by atoms with E-state index in [2.05, 4.69) is 20.9 Å². The number of hydrogen-bond acceptors (Lipinski definition) is 6. The molecule has 1 aromatic carbocycles. The number of benzene rings is 1. The van der Waals surface area contributed by atoms with E-state index in [1.54, 1.807) is 0 Å². The molecular weight excluding hydrogens is 391 g/mol. The molecule has 0 spiro atoms. The van der Waals surface area contributed by atoms with Crippen LogP contribution in [0.4, 0.5) is 24.5 Å². The van der Waals surface area contributed by atoms with Crippen LogP contribution < -0.4 is 16.0 Å². The van der Waals surface area contributed by atoms with Gasteiger partial charge in [0.05, 0.1) is 16.2 Å². The fourth-order valence-electron chi connectivity index (χ4n) is 1.96. The van der Waals surface area contributed by atoms with E-state index < -0.39 is 33.0 Å². The van der Waals surface area contributed by atoms with E-state index in [0.29, 0.717) is 0 Å². The van der Waals surface area contributed by atoms with Gasteiger partial charge in [0.15, 0.2) is 15.8 Å². The maximum absolute atomic E-state index is 12.1. The molecule has 0 aliphatic carbocycles. The van der Waals surface area contributed by atoms with E-state index in [9.17, 15) is 31.7 Å². The van der Waals surface area contributed by atoms with Gasteiger partial charge in [0.1, 0.15) is 5.69 Å². The maximum Gasteiger partial charge on any atom is 0.390 e. The molecular formula is C14H20F3N5O4S. The molecule has 0 saturated heterocycles. The first-order valence-corrected chi connectivity index (χ1v) is 9.57. The molecule has 27 heavy (non-hydrogen) atoms. The summed E-state index contributed by atoms with van der Waals surface area (Å²) in [5.41, 5.74) is -0.278. The van der Waals surface area contributed by atoms with E-state index >= 15 is 0 Å². The SMILES string of the molecule is CN=C(NCCNc1ccc(S(C)(=O)=O)cc1[N+](=O)[O-])NCCC(F)(F)F. The lowest BCUT2D eigenvalue weighted by Gasteiger charge is -2.13. The summed E-state index contributed by atoms with van der Waals surface area (Å²) in [6.07, 6.45) is -4.34. The number of guanidine groups is 1. The molecule has 13 heteroatoms. The van der Waals surface area contributed by atoms with Gasteiger partial charge in [-0.3, -0.25) is 15.1 Å². The van der Waals surface area contributed by atoms with E-state index in [4.69, 9.17) is 0 Å². The number of nitrogens with one attached hydrogen (secondary N) is 3. The Kier molecular flexibility index (Phi) is 7.82. The number of sulfone groups is 1. The van der Waals surface area contributed by atoms with Crippen LogP contribution in [0.25, 0.3) is 0 Å². The quantitative estimate of drug-likeness (QED) is 0.195. The van der Waals surface area contributed by atoms with Crippen LogP contribution in [0.3, 0.4) is 0 Å². The molecule has 9 nitrogen and oxygen atoms in total.